The number of hydrogen-bond donors (Lipinski definition) is 2. The van der Waals surface area contributed by atoms with Crippen LogP contribution in [0.15, 0.2) is 59.5 Å². The van der Waals surface area contributed by atoms with E-state index in [-0.39, 0.29) is 23.0 Å². The van der Waals surface area contributed by atoms with Gasteiger partial charge in [0, 0.05) is 5.56 Å². The summed E-state index contributed by atoms with van der Waals surface area (Å²) < 4.78 is 25.0. The predicted molar refractivity (Wildman–Crippen MR) is 100 cm³/mol. The van der Waals surface area contributed by atoms with Crippen molar-refractivity contribution in [1.29, 1.82) is 0 Å². The molecule has 1 aliphatic carbocycles. The number of carbonyl (C=O) groups excluding carboxylic acids is 1. The molecule has 0 bridgehead atoms. The van der Waals surface area contributed by atoms with Crippen LogP contribution in [-0.4, -0.2) is 30.9 Å². The van der Waals surface area contributed by atoms with E-state index in [1.54, 1.807) is 42.5 Å². The predicted octanol–water partition coefficient (Wildman–Crippen LogP) is 2.79. The van der Waals surface area contributed by atoms with E-state index in [0.29, 0.717) is 24.0 Å². The van der Waals surface area contributed by atoms with E-state index in [1.807, 2.05) is 0 Å². The molecular formula is C20H21NO5S. The van der Waals surface area contributed by atoms with Crippen molar-refractivity contribution < 1.29 is 23.1 Å². The molecule has 142 valence electrons. The van der Waals surface area contributed by atoms with Crippen molar-refractivity contribution in [3.05, 3.63) is 65.7 Å². The monoisotopic (exact) mass is 387 g/mol. The van der Waals surface area contributed by atoms with E-state index in [9.17, 15) is 18.0 Å². The number of carboxylic acids is 1. The lowest BCUT2D eigenvalue weighted by Gasteiger charge is -2.41. The molecule has 1 amide bonds. The zero-order chi connectivity index (χ0) is 19.5. The molecule has 2 aromatic carbocycles. The first kappa shape index (κ1) is 19.1. The molecule has 7 heteroatoms. The summed E-state index contributed by atoms with van der Waals surface area (Å²) in [5, 5.41) is 11.9. The van der Waals surface area contributed by atoms with Crippen molar-refractivity contribution in [3.8, 4) is 0 Å². The molecule has 0 aromatic heterocycles. The molecule has 1 fully saturated rings. The first-order chi connectivity index (χ1) is 12.8. The highest BCUT2D eigenvalue weighted by Gasteiger charge is 2.40. The highest BCUT2D eigenvalue weighted by atomic mass is 32.2. The number of carbonyl (C=O) groups is 2. The highest BCUT2D eigenvalue weighted by molar-refractivity contribution is 7.90. The molecule has 0 heterocycles. The lowest BCUT2D eigenvalue weighted by atomic mass is 9.74. The smallest absolute Gasteiger partial charge is 0.305 e. The third-order valence-corrected chi connectivity index (χ3v) is 6.53. The van der Waals surface area contributed by atoms with Gasteiger partial charge in [-0.25, -0.2) is 8.42 Å². The van der Waals surface area contributed by atoms with Crippen LogP contribution in [0.4, 0.5) is 0 Å². The Kier molecular flexibility index (Phi) is 5.32. The van der Waals surface area contributed by atoms with Crippen molar-refractivity contribution in [1.82, 2.24) is 5.32 Å². The van der Waals surface area contributed by atoms with Gasteiger partial charge in [-0.15, -0.1) is 0 Å². The van der Waals surface area contributed by atoms with Crippen molar-refractivity contribution in [2.24, 2.45) is 0 Å². The van der Waals surface area contributed by atoms with Crippen molar-refractivity contribution in [2.45, 2.75) is 41.9 Å². The van der Waals surface area contributed by atoms with Gasteiger partial charge < -0.3 is 10.4 Å². The highest BCUT2D eigenvalue weighted by Crippen LogP contribution is 2.35. The van der Waals surface area contributed by atoms with Crippen LogP contribution >= 0.6 is 0 Å². The van der Waals surface area contributed by atoms with Crippen LogP contribution in [-0.2, 0) is 20.4 Å². The van der Waals surface area contributed by atoms with Crippen LogP contribution in [0.5, 0.6) is 0 Å². The Bertz CT molecular complexity index is 949. The molecule has 0 radical (unpaired) electrons. The molecule has 2 N–H and O–H groups in total. The summed E-state index contributed by atoms with van der Waals surface area (Å²) in [6, 6.07) is 14.6. The fourth-order valence-corrected chi connectivity index (χ4v) is 4.64. The van der Waals surface area contributed by atoms with Gasteiger partial charge in [-0.1, -0.05) is 30.3 Å². The maximum Gasteiger partial charge on any atom is 0.305 e. The van der Waals surface area contributed by atoms with Crippen molar-refractivity contribution in [3.63, 3.8) is 0 Å². The average Bonchev–Trinajstić information content (AvgIpc) is 2.60. The molecule has 6 nitrogen and oxygen atoms in total. The normalized spacial score (nSPS) is 15.6. The summed E-state index contributed by atoms with van der Waals surface area (Å²) >= 11 is 0. The van der Waals surface area contributed by atoms with Gasteiger partial charge in [0.2, 0.25) is 0 Å². The Hall–Kier alpha value is -2.67. The fourth-order valence-electron chi connectivity index (χ4n) is 3.28. The van der Waals surface area contributed by atoms with E-state index >= 15 is 0 Å². The van der Waals surface area contributed by atoms with Gasteiger partial charge in [-0.2, -0.15) is 0 Å². The number of amides is 1. The molecule has 3 rings (SSSR count). The lowest BCUT2D eigenvalue weighted by molar-refractivity contribution is -0.139. The van der Waals surface area contributed by atoms with E-state index in [1.165, 1.54) is 12.1 Å². The second kappa shape index (κ2) is 7.52. The molecule has 0 atom stereocenters. The zero-order valence-corrected chi connectivity index (χ0v) is 15.5. The molecule has 2 aromatic rings. The zero-order valence-electron chi connectivity index (χ0n) is 14.7. The summed E-state index contributed by atoms with van der Waals surface area (Å²) in [4.78, 5) is 23.9. The van der Waals surface area contributed by atoms with Crippen molar-refractivity contribution in [2.75, 3.05) is 0 Å². The second-order valence-electron chi connectivity index (χ2n) is 6.93. The fraction of sp³-hybridized carbons (Fsp3) is 0.300. The summed E-state index contributed by atoms with van der Waals surface area (Å²) in [5.41, 5.74) is 0.134. The Morgan fingerprint density at radius 2 is 1.74 bits per heavy atom. The molecule has 0 spiro atoms. The number of aliphatic carboxylic acids is 1. The largest absolute Gasteiger partial charge is 0.481 e. The van der Waals surface area contributed by atoms with Crippen LogP contribution in [0.1, 0.15) is 41.6 Å². The number of hydrogen-bond acceptors (Lipinski definition) is 4. The quantitative estimate of drug-likeness (QED) is 0.761. The Labute approximate surface area is 158 Å². The summed E-state index contributed by atoms with van der Waals surface area (Å²) in [6.45, 7) is 0. The second-order valence-corrected chi connectivity index (χ2v) is 8.92. The summed E-state index contributed by atoms with van der Waals surface area (Å²) in [7, 11) is -3.51. The van der Waals surface area contributed by atoms with Gasteiger partial charge in [-0.3, -0.25) is 9.59 Å². The van der Waals surface area contributed by atoms with Gasteiger partial charge in [-0.05, 0) is 49.1 Å². The molecule has 1 saturated carbocycles. The molecule has 27 heavy (non-hydrogen) atoms. The topological polar surface area (TPSA) is 101 Å². The maximum absolute atomic E-state index is 12.6. The Balaban J connectivity index is 1.75. The molecule has 0 unspecified atom stereocenters. The number of nitrogens with one attached hydrogen (secondary N) is 1. The van der Waals surface area contributed by atoms with Crippen LogP contribution in [0.3, 0.4) is 0 Å². The third kappa shape index (κ3) is 4.54. The molecule has 1 aliphatic rings. The first-order valence-electron chi connectivity index (χ1n) is 8.71. The maximum atomic E-state index is 12.6. The Morgan fingerprint density at radius 1 is 1.04 bits per heavy atom. The number of rotatable bonds is 7. The minimum absolute atomic E-state index is 0.110. The SMILES string of the molecule is O=C(O)CC1(NC(=O)c2cccc(CS(=O)(=O)c3ccccc3)c2)CCC1. The average molecular weight is 387 g/mol. The van der Waals surface area contributed by atoms with Gasteiger partial charge in [0.05, 0.1) is 22.6 Å². The van der Waals surface area contributed by atoms with Crippen LogP contribution in [0.2, 0.25) is 0 Å². The molecular weight excluding hydrogens is 366 g/mol. The number of sulfone groups is 1. The number of carboxylic acid groups (broad SMARTS) is 1. The van der Waals surface area contributed by atoms with Crippen LogP contribution < -0.4 is 5.32 Å². The van der Waals surface area contributed by atoms with E-state index in [2.05, 4.69) is 5.32 Å². The van der Waals surface area contributed by atoms with Crippen LogP contribution in [0, 0.1) is 0 Å². The van der Waals surface area contributed by atoms with E-state index in [4.69, 9.17) is 5.11 Å². The van der Waals surface area contributed by atoms with Gasteiger partial charge in [0.25, 0.3) is 5.91 Å². The van der Waals surface area contributed by atoms with E-state index in [0.717, 1.165) is 6.42 Å². The van der Waals surface area contributed by atoms with Gasteiger partial charge in [0.15, 0.2) is 9.84 Å². The minimum atomic E-state index is -3.51. The van der Waals surface area contributed by atoms with Gasteiger partial charge >= 0.3 is 5.97 Å². The first-order valence-corrected chi connectivity index (χ1v) is 10.4. The van der Waals surface area contributed by atoms with Gasteiger partial charge in [0.1, 0.15) is 0 Å². The van der Waals surface area contributed by atoms with E-state index < -0.39 is 21.3 Å². The third-order valence-electron chi connectivity index (χ3n) is 4.83. The Morgan fingerprint density at radius 3 is 2.33 bits per heavy atom. The standard InChI is InChI=1S/C20H21NO5S/c22-18(23)13-20(10-5-11-20)21-19(24)16-7-4-6-15(12-16)14-27(25,26)17-8-2-1-3-9-17/h1-4,6-9,12H,5,10-11,13-14H2,(H,21,24)(H,22,23). The lowest BCUT2D eigenvalue weighted by Crippen LogP contribution is -2.54. The molecule has 0 aliphatic heterocycles. The summed E-state index contributed by atoms with van der Waals surface area (Å²) in [6.07, 6.45) is 2.03. The number of benzene rings is 2. The summed E-state index contributed by atoms with van der Waals surface area (Å²) in [5.74, 6) is -1.54. The molecule has 0 saturated heterocycles. The van der Waals surface area contributed by atoms with Crippen molar-refractivity contribution >= 4 is 21.7 Å². The van der Waals surface area contributed by atoms with Crippen LogP contribution in [0.25, 0.3) is 0 Å². The minimum Gasteiger partial charge on any atom is -0.481 e.